The summed E-state index contributed by atoms with van der Waals surface area (Å²) in [5.41, 5.74) is 5.00. The number of nitrogens with one attached hydrogen (secondary N) is 1. The minimum absolute atomic E-state index is 0.158. The molecule has 0 saturated heterocycles. The number of nitrogens with zero attached hydrogens (tertiary/aromatic N) is 2. The maximum Gasteiger partial charge on any atom is 0.232 e. The van der Waals surface area contributed by atoms with Crippen molar-refractivity contribution in [2.45, 2.75) is 20.3 Å². The van der Waals surface area contributed by atoms with Gasteiger partial charge in [-0.15, -0.1) is 10.2 Å². The van der Waals surface area contributed by atoms with Crippen LogP contribution in [-0.2, 0) is 4.79 Å². The van der Waals surface area contributed by atoms with Crippen LogP contribution in [0.15, 0.2) is 12.1 Å². The molecule has 5 nitrogen and oxygen atoms in total. The number of anilines is 1. The fraction of sp³-hybridized carbons (Fsp3) is 0.500. The third-order valence-corrected chi connectivity index (χ3v) is 2.85. The smallest absolute Gasteiger partial charge is 0.232 e. The van der Waals surface area contributed by atoms with Gasteiger partial charge in [0.15, 0.2) is 11.0 Å². The summed E-state index contributed by atoms with van der Waals surface area (Å²) in [5, 5.41) is 10.3. The Balaban J connectivity index is 2.74. The number of carbonyl (C=O) groups excluding carboxylic acids is 1. The van der Waals surface area contributed by atoms with E-state index in [9.17, 15) is 4.79 Å². The Morgan fingerprint density at radius 2 is 2.25 bits per heavy atom. The van der Waals surface area contributed by atoms with E-state index in [4.69, 9.17) is 17.3 Å². The number of amides is 1. The first-order chi connectivity index (χ1) is 7.51. The van der Waals surface area contributed by atoms with Gasteiger partial charge in [0, 0.05) is 6.54 Å². The van der Waals surface area contributed by atoms with Crippen LogP contribution in [0.1, 0.15) is 20.3 Å². The average molecular weight is 243 g/mol. The van der Waals surface area contributed by atoms with Crippen molar-refractivity contribution in [3.05, 3.63) is 17.3 Å². The molecular formula is C10H15ClN4O. The van der Waals surface area contributed by atoms with E-state index in [1.807, 2.05) is 13.8 Å². The standard InChI is InChI=1S/C10H15ClN4O/c1-3-10(2,6-12)9(16)13-8-5-4-7(11)14-15-8/h4-5H,3,6,12H2,1-2H3,(H,13,15,16). The molecule has 16 heavy (non-hydrogen) atoms. The Kier molecular flexibility index (Phi) is 4.20. The molecule has 0 aliphatic heterocycles. The molecule has 1 rings (SSSR count). The molecule has 1 aromatic rings. The normalized spacial score (nSPS) is 14.2. The highest BCUT2D eigenvalue weighted by Crippen LogP contribution is 2.21. The van der Waals surface area contributed by atoms with Crippen LogP contribution in [0, 0.1) is 5.41 Å². The van der Waals surface area contributed by atoms with Crippen molar-refractivity contribution < 1.29 is 4.79 Å². The largest absolute Gasteiger partial charge is 0.329 e. The van der Waals surface area contributed by atoms with Gasteiger partial charge in [-0.1, -0.05) is 18.5 Å². The lowest BCUT2D eigenvalue weighted by Crippen LogP contribution is -2.39. The quantitative estimate of drug-likeness (QED) is 0.837. The van der Waals surface area contributed by atoms with E-state index in [1.165, 1.54) is 0 Å². The van der Waals surface area contributed by atoms with Gasteiger partial charge in [0.25, 0.3) is 0 Å². The van der Waals surface area contributed by atoms with Gasteiger partial charge in [-0.3, -0.25) is 4.79 Å². The molecule has 0 radical (unpaired) electrons. The molecule has 0 bridgehead atoms. The van der Waals surface area contributed by atoms with Gasteiger partial charge < -0.3 is 11.1 Å². The zero-order valence-corrected chi connectivity index (χ0v) is 10.1. The second-order valence-corrected chi connectivity index (χ2v) is 4.20. The predicted octanol–water partition coefficient (Wildman–Crippen LogP) is 1.44. The Labute approximate surface area is 99.4 Å². The Morgan fingerprint density at radius 3 is 2.69 bits per heavy atom. The van der Waals surface area contributed by atoms with Crippen LogP contribution in [-0.4, -0.2) is 22.6 Å². The summed E-state index contributed by atoms with van der Waals surface area (Å²) in [7, 11) is 0. The van der Waals surface area contributed by atoms with Gasteiger partial charge in [-0.2, -0.15) is 0 Å². The lowest BCUT2D eigenvalue weighted by atomic mass is 9.87. The van der Waals surface area contributed by atoms with Crippen molar-refractivity contribution >= 4 is 23.3 Å². The first kappa shape index (κ1) is 12.9. The topological polar surface area (TPSA) is 80.9 Å². The van der Waals surface area contributed by atoms with Crippen LogP contribution in [0.3, 0.4) is 0 Å². The van der Waals surface area contributed by atoms with Gasteiger partial charge in [-0.05, 0) is 25.5 Å². The third-order valence-electron chi connectivity index (χ3n) is 2.65. The summed E-state index contributed by atoms with van der Waals surface area (Å²) in [6, 6.07) is 3.16. The van der Waals surface area contributed by atoms with E-state index < -0.39 is 5.41 Å². The van der Waals surface area contributed by atoms with Gasteiger partial charge in [0.05, 0.1) is 5.41 Å². The van der Waals surface area contributed by atoms with Gasteiger partial charge in [0.1, 0.15) is 0 Å². The Morgan fingerprint density at radius 1 is 1.56 bits per heavy atom. The van der Waals surface area contributed by atoms with Crippen LogP contribution < -0.4 is 11.1 Å². The van der Waals surface area contributed by atoms with Crippen LogP contribution in [0.25, 0.3) is 0 Å². The maximum absolute atomic E-state index is 11.9. The van der Waals surface area contributed by atoms with E-state index in [1.54, 1.807) is 12.1 Å². The molecular weight excluding hydrogens is 228 g/mol. The van der Waals surface area contributed by atoms with Gasteiger partial charge >= 0.3 is 0 Å². The minimum atomic E-state index is -0.582. The van der Waals surface area contributed by atoms with Crippen molar-refractivity contribution in [1.29, 1.82) is 0 Å². The molecule has 0 aliphatic rings. The molecule has 1 atom stereocenters. The number of nitrogens with two attached hydrogens (primary N) is 1. The monoisotopic (exact) mass is 242 g/mol. The van der Waals surface area contributed by atoms with Crippen molar-refractivity contribution in [2.24, 2.45) is 11.1 Å². The van der Waals surface area contributed by atoms with Crippen LogP contribution >= 0.6 is 11.6 Å². The first-order valence-corrected chi connectivity index (χ1v) is 5.40. The summed E-state index contributed by atoms with van der Waals surface area (Å²) in [6.07, 6.45) is 0.663. The molecule has 88 valence electrons. The number of hydrogen-bond acceptors (Lipinski definition) is 4. The van der Waals surface area contributed by atoms with Gasteiger partial charge in [0.2, 0.25) is 5.91 Å². The molecule has 0 spiro atoms. The van der Waals surface area contributed by atoms with Crippen LogP contribution in [0.4, 0.5) is 5.82 Å². The predicted molar refractivity (Wildman–Crippen MR) is 63.1 cm³/mol. The first-order valence-electron chi connectivity index (χ1n) is 5.02. The number of halogens is 1. The SMILES string of the molecule is CCC(C)(CN)C(=O)Nc1ccc(Cl)nn1. The second kappa shape index (κ2) is 5.23. The zero-order chi connectivity index (χ0) is 12.2. The van der Waals surface area contributed by atoms with E-state index >= 15 is 0 Å². The van der Waals surface area contributed by atoms with E-state index in [0.29, 0.717) is 12.2 Å². The third kappa shape index (κ3) is 2.90. The number of hydrogen-bond donors (Lipinski definition) is 2. The fourth-order valence-electron chi connectivity index (χ4n) is 1.05. The summed E-state index contributed by atoms with van der Waals surface area (Å²) < 4.78 is 0. The van der Waals surface area contributed by atoms with Crippen molar-refractivity contribution in [1.82, 2.24) is 10.2 Å². The molecule has 0 aromatic carbocycles. The lowest BCUT2D eigenvalue weighted by Gasteiger charge is -2.24. The number of carbonyl (C=O) groups is 1. The van der Waals surface area contributed by atoms with E-state index in [-0.39, 0.29) is 17.6 Å². The minimum Gasteiger partial charge on any atom is -0.329 e. The molecule has 1 amide bonds. The number of aromatic nitrogens is 2. The van der Waals surface area contributed by atoms with Crippen molar-refractivity contribution in [3.63, 3.8) is 0 Å². The molecule has 1 unspecified atom stereocenters. The zero-order valence-electron chi connectivity index (χ0n) is 9.33. The highest BCUT2D eigenvalue weighted by molar-refractivity contribution is 6.29. The maximum atomic E-state index is 11.9. The highest BCUT2D eigenvalue weighted by Gasteiger charge is 2.29. The average Bonchev–Trinajstić information content (AvgIpc) is 2.31. The van der Waals surface area contributed by atoms with Crippen LogP contribution in [0.5, 0.6) is 0 Å². The van der Waals surface area contributed by atoms with Crippen molar-refractivity contribution in [2.75, 3.05) is 11.9 Å². The molecule has 0 aliphatic carbocycles. The van der Waals surface area contributed by atoms with E-state index in [0.717, 1.165) is 0 Å². The number of rotatable bonds is 4. The summed E-state index contributed by atoms with van der Waals surface area (Å²) >= 11 is 5.59. The molecule has 3 N–H and O–H groups in total. The summed E-state index contributed by atoms with van der Waals surface area (Å²) in [5.74, 6) is 0.219. The van der Waals surface area contributed by atoms with Crippen molar-refractivity contribution in [3.8, 4) is 0 Å². The Hall–Kier alpha value is -1.20. The fourth-order valence-corrected chi connectivity index (χ4v) is 1.15. The lowest BCUT2D eigenvalue weighted by molar-refractivity contribution is -0.124. The molecule has 6 heteroatoms. The highest BCUT2D eigenvalue weighted by atomic mass is 35.5. The molecule has 0 fully saturated rings. The van der Waals surface area contributed by atoms with Crippen LogP contribution in [0.2, 0.25) is 5.15 Å². The molecule has 1 aromatic heterocycles. The van der Waals surface area contributed by atoms with E-state index in [2.05, 4.69) is 15.5 Å². The Bertz CT molecular complexity index is 362. The molecule has 0 saturated carbocycles. The van der Waals surface area contributed by atoms with Gasteiger partial charge in [-0.25, -0.2) is 0 Å². The second-order valence-electron chi connectivity index (χ2n) is 3.81. The summed E-state index contributed by atoms with van der Waals surface area (Å²) in [4.78, 5) is 11.9. The summed E-state index contributed by atoms with van der Waals surface area (Å²) in [6.45, 7) is 4.02. The molecule has 1 heterocycles.